The van der Waals surface area contributed by atoms with Crippen LogP contribution in [0.4, 0.5) is 11.4 Å². The van der Waals surface area contributed by atoms with Crippen molar-refractivity contribution < 1.29 is 4.79 Å². The third-order valence-corrected chi connectivity index (χ3v) is 4.75. The smallest absolute Gasteiger partial charge is 0.226 e. The molecule has 2 aromatic rings. The fraction of sp³-hybridized carbons (Fsp3) is 0.412. The molecule has 0 bridgehead atoms. The lowest BCUT2D eigenvalue weighted by molar-refractivity contribution is -0.117. The van der Waals surface area contributed by atoms with Crippen molar-refractivity contribution in [3.05, 3.63) is 30.5 Å². The third kappa shape index (κ3) is 2.15. The van der Waals surface area contributed by atoms with E-state index in [1.54, 1.807) is 6.20 Å². The van der Waals surface area contributed by atoms with Gasteiger partial charge in [0.2, 0.25) is 5.91 Å². The normalized spacial score (nSPS) is 20.5. The molecular weight excluding hydrogens is 262 g/mol. The highest BCUT2D eigenvalue weighted by molar-refractivity contribution is 6.05. The highest BCUT2D eigenvalue weighted by atomic mass is 16.1. The number of pyridine rings is 1. The summed E-state index contributed by atoms with van der Waals surface area (Å²) in [6.07, 6.45) is 8.11. The predicted octanol–water partition coefficient (Wildman–Crippen LogP) is 3.69. The van der Waals surface area contributed by atoms with Gasteiger partial charge in [-0.1, -0.05) is 37.5 Å². The molecule has 2 aliphatic rings. The van der Waals surface area contributed by atoms with E-state index in [4.69, 9.17) is 0 Å². The lowest BCUT2D eigenvalue weighted by atomic mass is 9.79. The van der Waals surface area contributed by atoms with Crippen LogP contribution in [-0.2, 0) is 4.79 Å². The van der Waals surface area contributed by atoms with Gasteiger partial charge in [0, 0.05) is 17.3 Å². The average Bonchev–Trinajstić information content (AvgIpc) is 2.63. The maximum absolute atomic E-state index is 12.3. The highest BCUT2D eigenvalue weighted by Crippen LogP contribution is 2.41. The minimum atomic E-state index is -0.0856. The summed E-state index contributed by atoms with van der Waals surface area (Å²) in [6, 6.07) is 8.10. The lowest BCUT2D eigenvalue weighted by Crippen LogP contribution is -2.41. The number of benzene rings is 1. The first-order chi connectivity index (χ1) is 10.3. The van der Waals surface area contributed by atoms with Crippen molar-refractivity contribution in [2.24, 2.45) is 0 Å². The number of nitrogens with zero attached hydrogens (tertiary/aromatic N) is 1. The fourth-order valence-electron chi connectivity index (χ4n) is 3.71. The molecule has 2 N–H and O–H groups in total. The van der Waals surface area contributed by atoms with Crippen LogP contribution in [0.3, 0.4) is 0 Å². The molecule has 4 rings (SSSR count). The monoisotopic (exact) mass is 281 g/mol. The third-order valence-electron chi connectivity index (χ3n) is 4.75. The molecular formula is C17H19N3O. The predicted molar refractivity (Wildman–Crippen MR) is 84.4 cm³/mol. The standard InChI is InChI=1S/C17H19N3O/c21-15-10-17(8-4-1-5-9-17)20-16-12-6-2-3-7-13(12)18-11-14(16)19-15/h2-3,6-7,11,20H,1,4-5,8-10H2,(H,19,21). The van der Waals surface area contributed by atoms with Crippen molar-refractivity contribution >= 4 is 28.2 Å². The summed E-state index contributed by atoms with van der Waals surface area (Å²) >= 11 is 0. The van der Waals surface area contributed by atoms with Gasteiger partial charge in [0.05, 0.1) is 23.1 Å². The van der Waals surface area contributed by atoms with E-state index in [1.807, 2.05) is 18.2 Å². The Kier molecular flexibility index (Phi) is 2.84. The lowest BCUT2D eigenvalue weighted by Gasteiger charge is -2.37. The molecule has 2 heterocycles. The van der Waals surface area contributed by atoms with E-state index in [0.717, 1.165) is 35.1 Å². The number of carbonyl (C=O) groups excluding carboxylic acids is 1. The van der Waals surface area contributed by atoms with E-state index < -0.39 is 0 Å². The molecule has 0 saturated heterocycles. The number of rotatable bonds is 0. The number of para-hydroxylation sites is 1. The van der Waals surface area contributed by atoms with E-state index in [2.05, 4.69) is 21.7 Å². The molecule has 0 unspecified atom stereocenters. The summed E-state index contributed by atoms with van der Waals surface area (Å²) in [7, 11) is 0. The van der Waals surface area contributed by atoms with E-state index in [0.29, 0.717) is 6.42 Å². The van der Waals surface area contributed by atoms with Crippen LogP contribution in [0.1, 0.15) is 38.5 Å². The molecule has 1 fully saturated rings. The van der Waals surface area contributed by atoms with Gasteiger partial charge >= 0.3 is 0 Å². The molecule has 1 aliphatic heterocycles. The number of nitrogens with one attached hydrogen (secondary N) is 2. The zero-order chi connectivity index (χ0) is 14.3. The van der Waals surface area contributed by atoms with Gasteiger partial charge in [-0.05, 0) is 18.9 Å². The highest BCUT2D eigenvalue weighted by Gasteiger charge is 2.37. The van der Waals surface area contributed by atoms with Crippen molar-refractivity contribution in [3.8, 4) is 0 Å². The van der Waals surface area contributed by atoms with Gasteiger partial charge in [0.15, 0.2) is 0 Å². The Hall–Kier alpha value is -2.10. The second-order valence-electron chi connectivity index (χ2n) is 6.25. The van der Waals surface area contributed by atoms with Crippen molar-refractivity contribution in [2.45, 2.75) is 44.1 Å². The van der Waals surface area contributed by atoms with Crippen LogP contribution >= 0.6 is 0 Å². The molecule has 4 nitrogen and oxygen atoms in total. The van der Waals surface area contributed by atoms with Crippen LogP contribution in [0, 0.1) is 0 Å². The Bertz CT molecular complexity index is 704. The van der Waals surface area contributed by atoms with E-state index >= 15 is 0 Å². The number of carbonyl (C=O) groups is 1. The van der Waals surface area contributed by atoms with Crippen LogP contribution in [0.5, 0.6) is 0 Å². The summed E-state index contributed by atoms with van der Waals surface area (Å²) in [4.78, 5) is 16.7. The SMILES string of the molecule is O=C1CC2(CCCCC2)Nc2c(cnc3ccccc23)N1. The number of fused-ring (bicyclic) bond motifs is 3. The summed E-state index contributed by atoms with van der Waals surface area (Å²) in [6.45, 7) is 0. The first-order valence-corrected chi connectivity index (χ1v) is 7.72. The van der Waals surface area contributed by atoms with Gasteiger partial charge in [0.1, 0.15) is 0 Å². The summed E-state index contributed by atoms with van der Waals surface area (Å²) in [5.74, 6) is 0.0974. The quantitative estimate of drug-likeness (QED) is 0.774. The van der Waals surface area contributed by atoms with Crippen LogP contribution < -0.4 is 10.6 Å². The Balaban J connectivity index is 1.87. The molecule has 4 heteroatoms. The summed E-state index contributed by atoms with van der Waals surface area (Å²) in [5, 5.41) is 7.83. The van der Waals surface area contributed by atoms with Crippen LogP contribution in [0.2, 0.25) is 0 Å². The summed E-state index contributed by atoms with van der Waals surface area (Å²) < 4.78 is 0. The summed E-state index contributed by atoms with van der Waals surface area (Å²) in [5.41, 5.74) is 2.72. The van der Waals surface area contributed by atoms with Crippen molar-refractivity contribution in [1.29, 1.82) is 0 Å². The molecule has 1 aromatic heterocycles. The van der Waals surface area contributed by atoms with Crippen LogP contribution in [0.15, 0.2) is 30.5 Å². The molecule has 1 saturated carbocycles. The Morgan fingerprint density at radius 1 is 1.10 bits per heavy atom. The molecule has 1 amide bonds. The minimum absolute atomic E-state index is 0.0856. The van der Waals surface area contributed by atoms with E-state index in [9.17, 15) is 4.79 Å². The maximum Gasteiger partial charge on any atom is 0.226 e. The molecule has 0 atom stereocenters. The number of anilines is 2. The Morgan fingerprint density at radius 2 is 1.90 bits per heavy atom. The number of hydrogen-bond acceptors (Lipinski definition) is 3. The zero-order valence-corrected chi connectivity index (χ0v) is 12.0. The molecule has 108 valence electrons. The van der Waals surface area contributed by atoms with Gasteiger partial charge in [-0.25, -0.2) is 0 Å². The number of aromatic nitrogens is 1. The first kappa shape index (κ1) is 12.6. The number of amides is 1. The van der Waals surface area contributed by atoms with Crippen LogP contribution in [0.25, 0.3) is 10.9 Å². The largest absolute Gasteiger partial charge is 0.377 e. The maximum atomic E-state index is 12.3. The molecule has 1 spiro atoms. The topological polar surface area (TPSA) is 54.0 Å². The van der Waals surface area contributed by atoms with Crippen LogP contribution in [-0.4, -0.2) is 16.4 Å². The van der Waals surface area contributed by atoms with Gasteiger partial charge < -0.3 is 10.6 Å². The van der Waals surface area contributed by atoms with Crippen molar-refractivity contribution in [2.75, 3.05) is 10.6 Å². The zero-order valence-electron chi connectivity index (χ0n) is 12.0. The van der Waals surface area contributed by atoms with E-state index in [1.165, 1.54) is 19.3 Å². The molecule has 0 radical (unpaired) electrons. The Labute approximate surface area is 124 Å². The first-order valence-electron chi connectivity index (χ1n) is 7.72. The van der Waals surface area contributed by atoms with Gasteiger partial charge in [-0.3, -0.25) is 9.78 Å². The molecule has 21 heavy (non-hydrogen) atoms. The Morgan fingerprint density at radius 3 is 2.76 bits per heavy atom. The minimum Gasteiger partial charge on any atom is -0.377 e. The van der Waals surface area contributed by atoms with Gasteiger partial charge in [-0.2, -0.15) is 0 Å². The molecule has 1 aliphatic carbocycles. The van der Waals surface area contributed by atoms with E-state index in [-0.39, 0.29) is 11.4 Å². The van der Waals surface area contributed by atoms with Gasteiger partial charge in [0.25, 0.3) is 0 Å². The van der Waals surface area contributed by atoms with Gasteiger partial charge in [-0.15, -0.1) is 0 Å². The second kappa shape index (κ2) is 4.72. The molecule has 1 aromatic carbocycles. The fourth-order valence-corrected chi connectivity index (χ4v) is 3.71. The average molecular weight is 281 g/mol. The number of hydrogen-bond donors (Lipinski definition) is 2. The van der Waals surface area contributed by atoms with Crippen molar-refractivity contribution in [1.82, 2.24) is 4.98 Å². The second-order valence-corrected chi connectivity index (χ2v) is 6.25. The van der Waals surface area contributed by atoms with Crippen molar-refractivity contribution in [3.63, 3.8) is 0 Å².